The molecule has 0 radical (unpaired) electrons. The van der Waals surface area contributed by atoms with Crippen LogP contribution < -0.4 is 10.9 Å². The third-order valence-electron chi connectivity index (χ3n) is 6.32. The lowest BCUT2D eigenvalue weighted by Gasteiger charge is -2.30. The summed E-state index contributed by atoms with van der Waals surface area (Å²) in [6.45, 7) is 9.40. The summed E-state index contributed by atoms with van der Waals surface area (Å²) in [4.78, 5) is 20.5. The fraction of sp³-hybridized carbons (Fsp3) is 0.583. The van der Waals surface area contributed by atoms with E-state index in [0.717, 1.165) is 87.3 Å². The Bertz CT molecular complexity index is 967. The number of thiocarbonyl (C=S) groups is 1. The molecule has 1 aromatic heterocycles. The van der Waals surface area contributed by atoms with Crippen LogP contribution in [0.4, 0.5) is 0 Å². The van der Waals surface area contributed by atoms with Gasteiger partial charge in [0.05, 0.1) is 31.4 Å². The number of aromatic amines is 1. The van der Waals surface area contributed by atoms with E-state index in [2.05, 4.69) is 20.1 Å². The number of hydrogen-bond acceptors (Lipinski definition) is 5. The Hall–Kier alpha value is -2.00. The van der Waals surface area contributed by atoms with Gasteiger partial charge in [0.1, 0.15) is 0 Å². The highest BCUT2D eigenvalue weighted by molar-refractivity contribution is 7.80. The maximum atomic E-state index is 12.8. The summed E-state index contributed by atoms with van der Waals surface area (Å²) in [7, 11) is 0. The first-order chi connectivity index (χ1) is 15.6. The number of ether oxygens (including phenoxy) is 2. The van der Waals surface area contributed by atoms with Crippen molar-refractivity contribution in [2.24, 2.45) is 0 Å². The Morgan fingerprint density at radius 3 is 2.94 bits per heavy atom. The Balaban J connectivity index is 1.44. The van der Waals surface area contributed by atoms with E-state index >= 15 is 0 Å². The molecule has 2 aliphatic heterocycles. The molecular weight excluding hydrogens is 424 g/mol. The monoisotopic (exact) mass is 458 g/mol. The number of morpholine rings is 1. The minimum Gasteiger partial charge on any atom is -0.379 e. The van der Waals surface area contributed by atoms with Crippen LogP contribution in [0.25, 0.3) is 10.9 Å². The second-order valence-corrected chi connectivity index (χ2v) is 9.10. The third-order valence-corrected chi connectivity index (χ3v) is 6.73. The van der Waals surface area contributed by atoms with E-state index in [0.29, 0.717) is 18.2 Å². The van der Waals surface area contributed by atoms with Crippen molar-refractivity contribution in [1.82, 2.24) is 20.1 Å². The maximum Gasteiger partial charge on any atom is 0.253 e. The number of benzene rings is 1. The zero-order valence-electron chi connectivity index (χ0n) is 18.9. The van der Waals surface area contributed by atoms with Crippen LogP contribution in [-0.4, -0.2) is 78.5 Å². The van der Waals surface area contributed by atoms with Crippen LogP contribution in [0.3, 0.4) is 0 Å². The zero-order chi connectivity index (χ0) is 22.3. The average Bonchev–Trinajstić information content (AvgIpc) is 3.32. The van der Waals surface area contributed by atoms with Gasteiger partial charge in [-0.2, -0.15) is 0 Å². The first-order valence-electron chi connectivity index (χ1n) is 11.7. The minimum atomic E-state index is -0.0492. The number of nitrogens with zero attached hydrogens (tertiary/aromatic N) is 2. The number of fused-ring (bicyclic) bond motifs is 1. The molecule has 8 heteroatoms. The molecular formula is C24H34N4O3S. The van der Waals surface area contributed by atoms with Gasteiger partial charge < -0.3 is 24.7 Å². The third kappa shape index (κ3) is 6.07. The number of rotatable bonds is 8. The number of nitrogens with one attached hydrogen (secondary N) is 2. The zero-order valence-corrected chi connectivity index (χ0v) is 19.7. The fourth-order valence-electron chi connectivity index (χ4n) is 4.43. The summed E-state index contributed by atoms with van der Waals surface area (Å²) in [5.74, 6) is 0. The standard InChI is InChI=1S/C24H34N4O3S/c1-18-5-2-6-19-15-20(23(29)26-22(18)19)17-28(9-4-8-27-10-13-30-14-11-27)24(32)25-16-21-7-3-12-31-21/h2,5-6,15,21H,3-4,7-14,16-17H2,1H3,(H,25,32)(H,26,29)/t21-/m1/s1. The summed E-state index contributed by atoms with van der Waals surface area (Å²) < 4.78 is 11.2. The van der Waals surface area contributed by atoms with Gasteiger partial charge >= 0.3 is 0 Å². The number of pyridine rings is 1. The van der Waals surface area contributed by atoms with Gasteiger partial charge in [-0.1, -0.05) is 18.2 Å². The summed E-state index contributed by atoms with van der Waals surface area (Å²) in [5, 5.41) is 5.12. The lowest BCUT2D eigenvalue weighted by atomic mass is 10.1. The van der Waals surface area contributed by atoms with Crippen LogP contribution in [0.15, 0.2) is 29.1 Å². The highest BCUT2D eigenvalue weighted by atomic mass is 32.1. The maximum absolute atomic E-state index is 12.8. The van der Waals surface area contributed by atoms with Crippen LogP contribution in [0.5, 0.6) is 0 Å². The minimum absolute atomic E-state index is 0.0492. The Labute approximate surface area is 195 Å². The topological polar surface area (TPSA) is 69.8 Å². The molecule has 1 atom stereocenters. The molecule has 32 heavy (non-hydrogen) atoms. The Morgan fingerprint density at radius 1 is 1.31 bits per heavy atom. The molecule has 0 spiro atoms. The molecule has 2 aliphatic rings. The molecule has 3 heterocycles. The normalized spacial score (nSPS) is 19.3. The predicted molar refractivity (Wildman–Crippen MR) is 131 cm³/mol. The van der Waals surface area contributed by atoms with Gasteiger partial charge in [0.15, 0.2) is 5.11 Å². The molecule has 2 fully saturated rings. The van der Waals surface area contributed by atoms with Crippen LogP contribution in [0.1, 0.15) is 30.4 Å². The first kappa shape index (κ1) is 23.2. The van der Waals surface area contributed by atoms with E-state index in [-0.39, 0.29) is 11.7 Å². The van der Waals surface area contributed by atoms with Gasteiger partial charge in [0, 0.05) is 44.9 Å². The lowest BCUT2D eigenvalue weighted by molar-refractivity contribution is 0.0367. The predicted octanol–water partition coefficient (Wildman–Crippen LogP) is 2.41. The van der Waals surface area contributed by atoms with E-state index in [4.69, 9.17) is 21.7 Å². The van der Waals surface area contributed by atoms with E-state index in [1.165, 1.54) is 0 Å². The van der Waals surface area contributed by atoms with Crippen LogP contribution >= 0.6 is 12.2 Å². The van der Waals surface area contributed by atoms with Crippen molar-refractivity contribution >= 4 is 28.2 Å². The van der Waals surface area contributed by atoms with Gasteiger partial charge in [-0.05, 0) is 55.4 Å². The molecule has 0 bridgehead atoms. The second-order valence-electron chi connectivity index (χ2n) is 8.71. The van der Waals surface area contributed by atoms with Crippen molar-refractivity contribution in [3.05, 3.63) is 45.7 Å². The second kappa shape index (κ2) is 11.2. The molecule has 4 rings (SSSR count). The molecule has 174 valence electrons. The molecule has 2 saturated heterocycles. The van der Waals surface area contributed by atoms with Crippen LogP contribution in [0, 0.1) is 6.92 Å². The van der Waals surface area contributed by atoms with E-state index < -0.39 is 0 Å². The smallest absolute Gasteiger partial charge is 0.253 e. The van der Waals surface area contributed by atoms with Crippen molar-refractivity contribution in [3.8, 4) is 0 Å². The van der Waals surface area contributed by atoms with Gasteiger partial charge in [-0.3, -0.25) is 9.69 Å². The van der Waals surface area contributed by atoms with Crippen LogP contribution in [-0.2, 0) is 16.0 Å². The van der Waals surface area contributed by atoms with Gasteiger partial charge in [-0.25, -0.2) is 0 Å². The fourth-order valence-corrected chi connectivity index (χ4v) is 4.67. The van der Waals surface area contributed by atoms with Crippen molar-refractivity contribution < 1.29 is 9.47 Å². The van der Waals surface area contributed by atoms with Crippen LogP contribution in [0.2, 0.25) is 0 Å². The summed E-state index contributed by atoms with van der Waals surface area (Å²) in [6, 6.07) is 8.07. The van der Waals surface area contributed by atoms with Crippen molar-refractivity contribution in [2.75, 3.05) is 52.5 Å². The van der Waals surface area contributed by atoms with Crippen molar-refractivity contribution in [1.29, 1.82) is 0 Å². The van der Waals surface area contributed by atoms with Crippen molar-refractivity contribution in [2.45, 2.75) is 38.8 Å². The summed E-state index contributed by atoms with van der Waals surface area (Å²) in [6.07, 6.45) is 3.37. The number of H-pyrrole nitrogens is 1. The molecule has 2 N–H and O–H groups in total. The molecule has 2 aromatic rings. The lowest BCUT2D eigenvalue weighted by Crippen LogP contribution is -2.44. The first-order valence-corrected chi connectivity index (χ1v) is 12.1. The SMILES string of the molecule is Cc1cccc2cc(CN(CCCN3CCOCC3)C(=S)NC[C@H]3CCCO3)c(=O)[nH]c12. The summed E-state index contributed by atoms with van der Waals surface area (Å²) >= 11 is 5.75. The molecule has 0 aliphatic carbocycles. The quantitative estimate of drug-likeness (QED) is 0.589. The van der Waals surface area contributed by atoms with Gasteiger partial charge in [0.2, 0.25) is 0 Å². The number of aromatic nitrogens is 1. The van der Waals surface area contributed by atoms with Crippen molar-refractivity contribution in [3.63, 3.8) is 0 Å². The molecule has 0 unspecified atom stereocenters. The average molecular weight is 459 g/mol. The van der Waals surface area contributed by atoms with E-state index in [1.54, 1.807) is 0 Å². The largest absolute Gasteiger partial charge is 0.379 e. The highest BCUT2D eigenvalue weighted by Crippen LogP contribution is 2.16. The van der Waals surface area contributed by atoms with E-state index in [1.807, 2.05) is 31.2 Å². The Kier molecular flexibility index (Phi) is 8.13. The number of aryl methyl sites for hydroxylation is 1. The number of hydrogen-bond donors (Lipinski definition) is 2. The summed E-state index contributed by atoms with van der Waals surface area (Å²) in [5.41, 5.74) is 2.66. The van der Waals surface area contributed by atoms with E-state index in [9.17, 15) is 4.79 Å². The number of para-hydroxylation sites is 1. The molecule has 1 aromatic carbocycles. The molecule has 0 saturated carbocycles. The van der Waals surface area contributed by atoms with Gasteiger partial charge in [0.25, 0.3) is 5.56 Å². The molecule has 0 amide bonds. The van der Waals surface area contributed by atoms with Gasteiger partial charge in [-0.15, -0.1) is 0 Å². The Morgan fingerprint density at radius 2 is 2.16 bits per heavy atom. The highest BCUT2D eigenvalue weighted by Gasteiger charge is 2.19. The molecule has 7 nitrogen and oxygen atoms in total.